The van der Waals surface area contributed by atoms with Crippen molar-refractivity contribution < 1.29 is 9.53 Å². The van der Waals surface area contributed by atoms with Crippen molar-refractivity contribution in [3.05, 3.63) is 71.2 Å². The van der Waals surface area contributed by atoms with Crippen LogP contribution < -0.4 is 5.73 Å². The van der Waals surface area contributed by atoms with Crippen LogP contribution in [0.15, 0.2) is 48.8 Å². The molecule has 5 rings (SSSR count). The largest absolute Gasteiger partial charge is 0.383 e. The molecule has 0 aliphatic carbocycles. The van der Waals surface area contributed by atoms with Crippen molar-refractivity contribution in [3.8, 4) is 0 Å². The summed E-state index contributed by atoms with van der Waals surface area (Å²) >= 11 is 0. The Morgan fingerprint density at radius 2 is 2.17 bits per heavy atom. The van der Waals surface area contributed by atoms with Gasteiger partial charge in [0.05, 0.1) is 30.5 Å². The molecular weight excluding hydrogens is 378 g/mol. The zero-order valence-electron chi connectivity index (χ0n) is 17.0. The molecule has 0 radical (unpaired) electrons. The summed E-state index contributed by atoms with van der Waals surface area (Å²) in [5.74, 6) is 0.470. The number of nitrogen functional groups attached to an aromatic ring is 1. The lowest BCUT2D eigenvalue weighted by Gasteiger charge is -2.20. The zero-order valence-corrected chi connectivity index (χ0v) is 17.0. The molecule has 30 heavy (non-hydrogen) atoms. The number of ether oxygens (including phenoxy) is 1. The highest BCUT2D eigenvalue weighted by molar-refractivity contribution is 5.99. The van der Waals surface area contributed by atoms with Gasteiger partial charge in [-0.15, -0.1) is 0 Å². The van der Waals surface area contributed by atoms with Gasteiger partial charge in [-0.2, -0.15) is 0 Å². The molecule has 7 nitrogen and oxygen atoms in total. The quantitative estimate of drug-likeness (QED) is 0.563. The number of carbonyl (C=O) groups excluding carboxylic acids is 1. The first-order valence-corrected chi connectivity index (χ1v) is 10.1. The molecule has 1 aliphatic heterocycles. The first-order chi connectivity index (χ1) is 14.5. The van der Waals surface area contributed by atoms with E-state index in [1.54, 1.807) is 4.90 Å². The molecule has 1 amide bonds. The van der Waals surface area contributed by atoms with Crippen LogP contribution in [0.5, 0.6) is 0 Å². The van der Waals surface area contributed by atoms with Crippen LogP contribution in [0.25, 0.3) is 16.6 Å². The Balaban J connectivity index is 1.49. The van der Waals surface area contributed by atoms with Crippen molar-refractivity contribution in [3.63, 3.8) is 0 Å². The number of pyridine rings is 2. The molecule has 0 saturated heterocycles. The summed E-state index contributed by atoms with van der Waals surface area (Å²) in [5, 5.41) is 0.929. The summed E-state index contributed by atoms with van der Waals surface area (Å²) in [4.78, 5) is 24.2. The number of anilines is 1. The van der Waals surface area contributed by atoms with Gasteiger partial charge < -0.3 is 19.8 Å². The van der Waals surface area contributed by atoms with Crippen LogP contribution in [0.4, 0.5) is 5.82 Å². The Morgan fingerprint density at radius 3 is 2.97 bits per heavy atom. The third-order valence-electron chi connectivity index (χ3n) is 5.73. The predicted octanol–water partition coefficient (Wildman–Crippen LogP) is 3.72. The molecule has 0 bridgehead atoms. The number of imidazole rings is 1. The Bertz CT molecular complexity index is 1250. The monoisotopic (exact) mass is 401 g/mol. The van der Waals surface area contributed by atoms with Gasteiger partial charge in [-0.25, -0.2) is 9.97 Å². The number of fused-ring (bicyclic) bond motifs is 4. The van der Waals surface area contributed by atoms with Gasteiger partial charge in [0.1, 0.15) is 11.5 Å². The van der Waals surface area contributed by atoms with Crippen molar-refractivity contribution in [1.29, 1.82) is 0 Å². The summed E-state index contributed by atoms with van der Waals surface area (Å²) < 4.78 is 7.73. The zero-order chi connectivity index (χ0) is 20.8. The number of nitrogens with zero attached hydrogens (tertiary/aromatic N) is 4. The molecule has 7 heteroatoms. The first-order valence-electron chi connectivity index (χ1n) is 10.1. The summed E-state index contributed by atoms with van der Waals surface area (Å²) in [7, 11) is 0. The molecule has 4 heterocycles. The first kappa shape index (κ1) is 18.6. The second-order valence-electron chi connectivity index (χ2n) is 7.59. The van der Waals surface area contributed by atoms with E-state index < -0.39 is 0 Å². The second kappa shape index (κ2) is 7.11. The van der Waals surface area contributed by atoms with Crippen LogP contribution in [0.2, 0.25) is 0 Å². The standard InChI is InChI=1S/C23H23N5O2/c1-3-27(11-16-12-28-9-5-4-6-20(28)25-16)23(29)15-7-8-19-17(10-15)18-13-30-14(2)21(18)22(24)26-19/h4-10,12,14H,3,11,13H2,1-2H3,(H2,24,26)/t14-/m0/s1. The SMILES string of the molecule is CCN(Cc1cn2ccccc2n1)C(=O)c1ccc2nc(N)c3c(c2c1)CO[C@H]3C. The molecule has 0 unspecified atom stereocenters. The highest BCUT2D eigenvalue weighted by atomic mass is 16.5. The molecule has 0 spiro atoms. The van der Waals surface area contributed by atoms with Crippen LogP contribution >= 0.6 is 0 Å². The predicted molar refractivity (Wildman–Crippen MR) is 115 cm³/mol. The van der Waals surface area contributed by atoms with Crippen molar-refractivity contribution in [1.82, 2.24) is 19.3 Å². The highest BCUT2D eigenvalue weighted by Gasteiger charge is 2.26. The van der Waals surface area contributed by atoms with Crippen LogP contribution in [0, 0.1) is 0 Å². The van der Waals surface area contributed by atoms with E-state index >= 15 is 0 Å². The van der Waals surface area contributed by atoms with Gasteiger partial charge in [0.15, 0.2) is 0 Å². The molecule has 2 N–H and O–H groups in total. The van der Waals surface area contributed by atoms with E-state index in [2.05, 4.69) is 9.97 Å². The maximum Gasteiger partial charge on any atom is 0.254 e. The Labute approximate surface area is 174 Å². The third-order valence-corrected chi connectivity index (χ3v) is 5.73. The van der Waals surface area contributed by atoms with E-state index in [0.29, 0.717) is 31.1 Å². The summed E-state index contributed by atoms with van der Waals surface area (Å²) in [6.07, 6.45) is 3.83. The minimum Gasteiger partial charge on any atom is -0.383 e. The van der Waals surface area contributed by atoms with E-state index in [4.69, 9.17) is 10.5 Å². The van der Waals surface area contributed by atoms with Gasteiger partial charge in [0, 0.05) is 35.5 Å². The Hall–Kier alpha value is -3.45. The number of aromatic nitrogens is 3. The smallest absolute Gasteiger partial charge is 0.254 e. The number of carbonyl (C=O) groups is 1. The summed E-state index contributed by atoms with van der Waals surface area (Å²) in [5.41, 5.74) is 11.2. The van der Waals surface area contributed by atoms with Crippen molar-refractivity contribution in [2.75, 3.05) is 12.3 Å². The fraction of sp³-hybridized carbons (Fsp3) is 0.261. The fourth-order valence-electron chi connectivity index (χ4n) is 4.17. The molecule has 4 aromatic rings. The van der Waals surface area contributed by atoms with Gasteiger partial charge >= 0.3 is 0 Å². The lowest BCUT2D eigenvalue weighted by atomic mass is 10.00. The van der Waals surface area contributed by atoms with Crippen LogP contribution in [-0.4, -0.2) is 31.7 Å². The topological polar surface area (TPSA) is 85.8 Å². The Kier molecular flexibility index (Phi) is 4.40. The normalized spacial score (nSPS) is 15.6. The van der Waals surface area contributed by atoms with Gasteiger partial charge in [0.2, 0.25) is 0 Å². The molecule has 3 aromatic heterocycles. The molecule has 0 fully saturated rings. The van der Waals surface area contributed by atoms with Gasteiger partial charge in [0.25, 0.3) is 5.91 Å². The van der Waals surface area contributed by atoms with Crippen molar-refractivity contribution in [2.24, 2.45) is 0 Å². The van der Waals surface area contributed by atoms with Crippen LogP contribution in [0.3, 0.4) is 0 Å². The minimum atomic E-state index is -0.0848. The Morgan fingerprint density at radius 1 is 1.30 bits per heavy atom. The average Bonchev–Trinajstić information content (AvgIpc) is 3.35. The highest BCUT2D eigenvalue weighted by Crippen LogP contribution is 2.38. The number of hydrogen-bond donors (Lipinski definition) is 1. The number of benzene rings is 1. The average molecular weight is 401 g/mol. The molecule has 152 valence electrons. The maximum atomic E-state index is 13.3. The molecule has 1 atom stereocenters. The van der Waals surface area contributed by atoms with E-state index in [-0.39, 0.29) is 12.0 Å². The summed E-state index contributed by atoms with van der Waals surface area (Å²) in [6, 6.07) is 11.5. The lowest BCUT2D eigenvalue weighted by Crippen LogP contribution is -2.30. The summed E-state index contributed by atoms with van der Waals surface area (Å²) in [6.45, 7) is 5.47. The molecular formula is C23H23N5O2. The molecule has 1 aliphatic rings. The maximum absolute atomic E-state index is 13.3. The van der Waals surface area contributed by atoms with Gasteiger partial charge in [-0.1, -0.05) is 6.07 Å². The van der Waals surface area contributed by atoms with Crippen molar-refractivity contribution in [2.45, 2.75) is 33.1 Å². The van der Waals surface area contributed by atoms with Crippen LogP contribution in [0.1, 0.15) is 47.1 Å². The number of amides is 1. The van der Waals surface area contributed by atoms with E-state index in [1.807, 2.05) is 67.0 Å². The molecule has 1 aromatic carbocycles. The number of nitrogens with two attached hydrogens (primary N) is 1. The van der Waals surface area contributed by atoms with E-state index in [1.165, 1.54) is 0 Å². The third kappa shape index (κ3) is 2.98. The van der Waals surface area contributed by atoms with E-state index in [9.17, 15) is 4.79 Å². The second-order valence-corrected chi connectivity index (χ2v) is 7.59. The number of rotatable bonds is 4. The van der Waals surface area contributed by atoms with E-state index in [0.717, 1.165) is 33.4 Å². The molecule has 0 saturated carbocycles. The van der Waals surface area contributed by atoms with Gasteiger partial charge in [-0.3, -0.25) is 4.79 Å². The fourth-order valence-corrected chi connectivity index (χ4v) is 4.17. The minimum absolute atomic E-state index is 0.0333. The lowest BCUT2D eigenvalue weighted by molar-refractivity contribution is 0.0750. The van der Waals surface area contributed by atoms with Crippen LogP contribution in [-0.2, 0) is 17.9 Å². The number of hydrogen-bond acceptors (Lipinski definition) is 5. The van der Waals surface area contributed by atoms with Gasteiger partial charge in [-0.05, 0) is 49.7 Å². The van der Waals surface area contributed by atoms with Crippen molar-refractivity contribution >= 4 is 28.3 Å².